The van der Waals surface area contributed by atoms with Crippen LogP contribution in [-0.2, 0) is 6.54 Å². The van der Waals surface area contributed by atoms with Crippen LogP contribution in [0.4, 0.5) is 0 Å². The summed E-state index contributed by atoms with van der Waals surface area (Å²) in [5, 5.41) is 13.8. The Kier molecular flexibility index (Phi) is 6.95. The largest absolute Gasteiger partial charge is 0.395 e. The lowest BCUT2D eigenvalue weighted by molar-refractivity contribution is 0.0730. The molecule has 1 amide bonds. The molecule has 5 heteroatoms. The van der Waals surface area contributed by atoms with Crippen molar-refractivity contribution in [1.82, 2.24) is 14.7 Å². The van der Waals surface area contributed by atoms with Crippen LogP contribution < -0.4 is 0 Å². The van der Waals surface area contributed by atoms with Gasteiger partial charge in [0, 0.05) is 19.6 Å². The van der Waals surface area contributed by atoms with Crippen molar-refractivity contribution in [2.75, 3.05) is 19.7 Å². The van der Waals surface area contributed by atoms with E-state index in [0.29, 0.717) is 25.3 Å². The number of benzene rings is 1. The number of hydrogen-bond acceptors (Lipinski definition) is 3. The molecule has 0 atom stereocenters. The predicted octanol–water partition coefficient (Wildman–Crippen LogP) is 3.17. The Balaban J connectivity index is 2.16. The summed E-state index contributed by atoms with van der Waals surface area (Å²) in [6.07, 6.45) is 3.92. The molecule has 0 saturated carbocycles. The number of rotatable bonds is 8. The van der Waals surface area contributed by atoms with E-state index in [0.717, 1.165) is 11.3 Å². The lowest BCUT2D eigenvalue weighted by atomic mass is 10.1. The Morgan fingerprint density at radius 1 is 1.32 bits per heavy atom. The first kappa shape index (κ1) is 18.9. The highest BCUT2D eigenvalue weighted by Crippen LogP contribution is 2.16. The van der Waals surface area contributed by atoms with Crippen LogP contribution >= 0.6 is 0 Å². The molecule has 134 valence electrons. The SMILES string of the molecule is CCn1nc(C(C)C)cc1C(=O)N(C/C=C/c1ccccc1)CCO. The predicted molar refractivity (Wildman–Crippen MR) is 100 cm³/mol. The maximum Gasteiger partial charge on any atom is 0.272 e. The van der Waals surface area contributed by atoms with Crippen LogP contribution in [0.1, 0.15) is 48.4 Å². The Morgan fingerprint density at radius 2 is 2.04 bits per heavy atom. The van der Waals surface area contributed by atoms with Crippen molar-refractivity contribution >= 4 is 12.0 Å². The molecular formula is C20H27N3O2. The van der Waals surface area contributed by atoms with Gasteiger partial charge in [-0.3, -0.25) is 9.48 Å². The third-order valence-corrected chi connectivity index (χ3v) is 4.00. The third kappa shape index (κ3) is 5.03. The molecule has 0 saturated heterocycles. The van der Waals surface area contributed by atoms with E-state index in [1.807, 2.05) is 55.5 Å². The van der Waals surface area contributed by atoms with Crippen molar-refractivity contribution in [3.05, 3.63) is 59.4 Å². The molecular weight excluding hydrogens is 314 g/mol. The second-order valence-electron chi connectivity index (χ2n) is 6.21. The van der Waals surface area contributed by atoms with Crippen LogP contribution in [0, 0.1) is 0 Å². The fourth-order valence-electron chi connectivity index (χ4n) is 2.57. The van der Waals surface area contributed by atoms with Gasteiger partial charge in [-0.05, 0) is 24.5 Å². The molecule has 0 aliphatic rings. The van der Waals surface area contributed by atoms with E-state index in [4.69, 9.17) is 0 Å². The summed E-state index contributed by atoms with van der Waals surface area (Å²) in [5.41, 5.74) is 2.57. The fourth-order valence-corrected chi connectivity index (χ4v) is 2.57. The molecule has 0 aliphatic heterocycles. The van der Waals surface area contributed by atoms with Gasteiger partial charge in [0.05, 0.1) is 12.3 Å². The number of aryl methyl sites for hydroxylation is 1. The number of hydrogen-bond donors (Lipinski definition) is 1. The minimum Gasteiger partial charge on any atom is -0.395 e. The first-order chi connectivity index (χ1) is 12.1. The van der Waals surface area contributed by atoms with E-state index in [1.54, 1.807) is 9.58 Å². The van der Waals surface area contributed by atoms with Crippen molar-refractivity contribution in [1.29, 1.82) is 0 Å². The Bertz CT molecular complexity index is 705. The van der Waals surface area contributed by atoms with Gasteiger partial charge in [-0.15, -0.1) is 0 Å². The van der Waals surface area contributed by atoms with Crippen LogP contribution in [-0.4, -0.2) is 45.4 Å². The van der Waals surface area contributed by atoms with Gasteiger partial charge in [-0.25, -0.2) is 0 Å². The molecule has 1 heterocycles. The molecule has 1 aromatic heterocycles. The molecule has 1 N–H and O–H groups in total. The normalized spacial score (nSPS) is 11.4. The first-order valence-electron chi connectivity index (χ1n) is 8.76. The maximum atomic E-state index is 12.9. The number of nitrogens with zero attached hydrogens (tertiary/aromatic N) is 3. The fraction of sp³-hybridized carbons (Fsp3) is 0.400. The lowest BCUT2D eigenvalue weighted by Gasteiger charge is -2.20. The monoisotopic (exact) mass is 341 g/mol. The number of carbonyl (C=O) groups excluding carboxylic acids is 1. The number of aliphatic hydroxyl groups is 1. The summed E-state index contributed by atoms with van der Waals surface area (Å²) in [7, 11) is 0. The Morgan fingerprint density at radius 3 is 2.64 bits per heavy atom. The number of carbonyl (C=O) groups is 1. The van der Waals surface area contributed by atoms with Crippen molar-refractivity contribution in [2.24, 2.45) is 0 Å². The molecule has 0 bridgehead atoms. The minimum absolute atomic E-state index is 0.0672. The second kappa shape index (κ2) is 9.18. The van der Waals surface area contributed by atoms with E-state index >= 15 is 0 Å². The summed E-state index contributed by atoms with van der Waals surface area (Å²) >= 11 is 0. The van der Waals surface area contributed by atoms with Crippen molar-refractivity contribution < 1.29 is 9.90 Å². The van der Waals surface area contributed by atoms with Crippen LogP contribution in [0.25, 0.3) is 6.08 Å². The summed E-state index contributed by atoms with van der Waals surface area (Å²) in [5.74, 6) is 0.164. The number of aliphatic hydroxyl groups excluding tert-OH is 1. The standard InChI is InChI=1S/C20H27N3O2/c1-4-23-19(15-18(21-23)16(2)3)20(25)22(13-14-24)12-8-11-17-9-6-5-7-10-17/h5-11,15-16,24H,4,12-14H2,1-3H3/b11-8+. The summed E-state index contributed by atoms with van der Waals surface area (Å²) in [4.78, 5) is 14.6. The molecule has 25 heavy (non-hydrogen) atoms. The second-order valence-corrected chi connectivity index (χ2v) is 6.21. The van der Waals surface area contributed by atoms with Crippen LogP contribution in [0.15, 0.2) is 42.5 Å². The van der Waals surface area contributed by atoms with E-state index < -0.39 is 0 Å². The minimum atomic E-state index is -0.104. The molecule has 2 aromatic rings. The maximum absolute atomic E-state index is 12.9. The topological polar surface area (TPSA) is 58.4 Å². The Hall–Kier alpha value is -2.40. The highest BCUT2D eigenvalue weighted by molar-refractivity contribution is 5.93. The molecule has 0 unspecified atom stereocenters. The zero-order chi connectivity index (χ0) is 18.2. The van der Waals surface area contributed by atoms with Gasteiger partial charge in [0.15, 0.2) is 0 Å². The van der Waals surface area contributed by atoms with Gasteiger partial charge in [0.1, 0.15) is 5.69 Å². The molecule has 1 aromatic carbocycles. The molecule has 2 rings (SSSR count). The lowest BCUT2D eigenvalue weighted by Crippen LogP contribution is -2.35. The number of amides is 1. The van der Waals surface area contributed by atoms with Gasteiger partial charge < -0.3 is 10.0 Å². The molecule has 0 aliphatic carbocycles. The summed E-state index contributed by atoms with van der Waals surface area (Å²) in [6.45, 7) is 7.40. The first-order valence-corrected chi connectivity index (χ1v) is 8.76. The van der Waals surface area contributed by atoms with Gasteiger partial charge in [0.2, 0.25) is 0 Å². The van der Waals surface area contributed by atoms with E-state index in [1.165, 1.54) is 0 Å². The van der Waals surface area contributed by atoms with Crippen LogP contribution in [0.5, 0.6) is 0 Å². The van der Waals surface area contributed by atoms with Gasteiger partial charge in [-0.2, -0.15) is 5.10 Å². The van der Waals surface area contributed by atoms with Gasteiger partial charge in [0.25, 0.3) is 5.91 Å². The highest BCUT2D eigenvalue weighted by Gasteiger charge is 2.20. The van der Waals surface area contributed by atoms with E-state index in [-0.39, 0.29) is 18.4 Å². The molecule has 0 spiro atoms. The quantitative estimate of drug-likeness (QED) is 0.802. The zero-order valence-electron chi connectivity index (χ0n) is 15.2. The highest BCUT2D eigenvalue weighted by atomic mass is 16.3. The van der Waals surface area contributed by atoms with Crippen molar-refractivity contribution in [3.63, 3.8) is 0 Å². The van der Waals surface area contributed by atoms with Crippen LogP contribution in [0.2, 0.25) is 0 Å². The van der Waals surface area contributed by atoms with E-state index in [2.05, 4.69) is 18.9 Å². The van der Waals surface area contributed by atoms with Crippen molar-refractivity contribution in [3.8, 4) is 0 Å². The summed E-state index contributed by atoms with van der Waals surface area (Å²) in [6, 6.07) is 11.8. The molecule has 5 nitrogen and oxygen atoms in total. The van der Waals surface area contributed by atoms with Gasteiger partial charge >= 0.3 is 0 Å². The van der Waals surface area contributed by atoms with Crippen molar-refractivity contribution in [2.45, 2.75) is 33.2 Å². The summed E-state index contributed by atoms with van der Waals surface area (Å²) < 4.78 is 1.74. The van der Waals surface area contributed by atoms with Gasteiger partial charge in [-0.1, -0.05) is 56.3 Å². The third-order valence-electron chi connectivity index (χ3n) is 4.00. The average molecular weight is 341 g/mol. The number of aromatic nitrogens is 2. The Labute approximate surface area is 149 Å². The molecule has 0 radical (unpaired) electrons. The smallest absolute Gasteiger partial charge is 0.272 e. The molecule has 0 fully saturated rings. The van der Waals surface area contributed by atoms with E-state index in [9.17, 15) is 9.90 Å². The average Bonchev–Trinajstić information content (AvgIpc) is 3.06. The van der Waals surface area contributed by atoms with Crippen LogP contribution in [0.3, 0.4) is 0 Å². The zero-order valence-corrected chi connectivity index (χ0v) is 15.2.